The molecule has 116 valence electrons. The van der Waals surface area contributed by atoms with E-state index in [0.29, 0.717) is 12.4 Å². The van der Waals surface area contributed by atoms with Gasteiger partial charge in [0.05, 0.1) is 7.11 Å². The number of ether oxygens (including phenoxy) is 1. The molecular formula is C16H18BrN3O2. The zero-order chi connectivity index (χ0) is 16.1. The van der Waals surface area contributed by atoms with E-state index in [-0.39, 0.29) is 6.03 Å². The molecule has 0 bridgehead atoms. The number of halogens is 1. The second-order valence-electron chi connectivity index (χ2n) is 4.93. The molecule has 0 saturated heterocycles. The van der Waals surface area contributed by atoms with Crippen molar-refractivity contribution >= 4 is 27.6 Å². The van der Waals surface area contributed by atoms with Gasteiger partial charge in [-0.3, -0.25) is 0 Å². The third-order valence-corrected chi connectivity index (χ3v) is 3.66. The van der Waals surface area contributed by atoms with E-state index in [4.69, 9.17) is 4.74 Å². The normalized spacial score (nSPS) is 10.2. The molecule has 1 aromatic heterocycles. The Kier molecular flexibility index (Phi) is 5.38. The van der Waals surface area contributed by atoms with Crippen LogP contribution in [0.2, 0.25) is 0 Å². The maximum Gasteiger partial charge on any atom is 0.319 e. The summed E-state index contributed by atoms with van der Waals surface area (Å²) < 4.78 is 6.05. The third kappa shape index (κ3) is 4.21. The van der Waals surface area contributed by atoms with E-state index in [1.165, 1.54) is 0 Å². The number of nitrogens with one attached hydrogen (secondary N) is 2. The van der Waals surface area contributed by atoms with E-state index in [1.807, 2.05) is 32.0 Å². The number of urea groups is 1. The van der Waals surface area contributed by atoms with Gasteiger partial charge in [-0.15, -0.1) is 0 Å². The van der Waals surface area contributed by atoms with Crippen LogP contribution in [0.15, 0.2) is 34.9 Å². The van der Waals surface area contributed by atoms with Crippen LogP contribution in [0, 0.1) is 13.8 Å². The van der Waals surface area contributed by atoms with E-state index >= 15 is 0 Å². The highest BCUT2D eigenvalue weighted by Gasteiger charge is 2.08. The molecule has 1 aromatic carbocycles. The Bertz CT molecular complexity index is 666. The summed E-state index contributed by atoms with van der Waals surface area (Å²) in [6.45, 7) is 4.32. The van der Waals surface area contributed by atoms with Gasteiger partial charge >= 0.3 is 6.03 Å². The highest BCUT2D eigenvalue weighted by molar-refractivity contribution is 9.10. The number of nitrogens with zero attached hydrogens (tertiary/aromatic N) is 1. The van der Waals surface area contributed by atoms with E-state index in [9.17, 15) is 4.79 Å². The summed E-state index contributed by atoms with van der Waals surface area (Å²) in [5.74, 6) is 0.527. The van der Waals surface area contributed by atoms with Crippen molar-refractivity contribution in [1.29, 1.82) is 0 Å². The summed E-state index contributed by atoms with van der Waals surface area (Å²) in [4.78, 5) is 16.1. The first kappa shape index (κ1) is 16.3. The number of benzene rings is 1. The van der Waals surface area contributed by atoms with Crippen molar-refractivity contribution in [1.82, 2.24) is 10.3 Å². The molecule has 1 heterocycles. The molecular weight excluding hydrogens is 346 g/mol. The molecule has 0 fully saturated rings. The van der Waals surface area contributed by atoms with E-state index < -0.39 is 0 Å². The van der Waals surface area contributed by atoms with Crippen molar-refractivity contribution in [2.75, 3.05) is 12.4 Å². The zero-order valence-corrected chi connectivity index (χ0v) is 14.3. The SMILES string of the molecule is COc1cc(CNC(=O)Nc2c(C)cc(Br)cc2C)ccn1. The molecule has 0 spiro atoms. The fourth-order valence-electron chi connectivity index (χ4n) is 2.12. The van der Waals surface area contributed by atoms with Gasteiger partial charge in [-0.1, -0.05) is 15.9 Å². The second-order valence-corrected chi connectivity index (χ2v) is 5.84. The smallest absolute Gasteiger partial charge is 0.319 e. The van der Waals surface area contributed by atoms with E-state index in [2.05, 4.69) is 31.5 Å². The highest BCUT2D eigenvalue weighted by Crippen LogP contribution is 2.24. The molecule has 2 rings (SSSR count). The highest BCUT2D eigenvalue weighted by atomic mass is 79.9. The van der Waals surface area contributed by atoms with Gasteiger partial charge in [0.1, 0.15) is 0 Å². The number of rotatable bonds is 4. The van der Waals surface area contributed by atoms with Crippen molar-refractivity contribution in [2.24, 2.45) is 0 Å². The predicted octanol–water partition coefficient (Wildman–Crippen LogP) is 3.79. The van der Waals surface area contributed by atoms with Gasteiger partial charge in [-0.2, -0.15) is 0 Å². The minimum Gasteiger partial charge on any atom is -0.481 e. The Labute approximate surface area is 138 Å². The van der Waals surface area contributed by atoms with Gasteiger partial charge in [0.15, 0.2) is 0 Å². The number of carbonyl (C=O) groups excluding carboxylic acids is 1. The molecule has 22 heavy (non-hydrogen) atoms. The van der Waals surface area contributed by atoms with Gasteiger partial charge in [-0.05, 0) is 48.7 Å². The fourth-order valence-corrected chi connectivity index (χ4v) is 2.81. The molecule has 2 N–H and O–H groups in total. The summed E-state index contributed by atoms with van der Waals surface area (Å²) >= 11 is 3.44. The van der Waals surface area contributed by atoms with Crippen molar-refractivity contribution in [3.05, 3.63) is 51.6 Å². The lowest BCUT2D eigenvalue weighted by molar-refractivity contribution is 0.251. The number of anilines is 1. The zero-order valence-electron chi connectivity index (χ0n) is 12.7. The number of hydrogen-bond acceptors (Lipinski definition) is 3. The van der Waals surface area contributed by atoms with Gasteiger partial charge in [0.2, 0.25) is 5.88 Å². The maximum atomic E-state index is 12.0. The molecule has 0 radical (unpaired) electrons. The van der Waals surface area contributed by atoms with Crippen LogP contribution in [0.1, 0.15) is 16.7 Å². The average molecular weight is 364 g/mol. The first-order valence-electron chi connectivity index (χ1n) is 6.80. The Morgan fingerprint density at radius 3 is 2.59 bits per heavy atom. The minimum absolute atomic E-state index is 0.246. The first-order valence-corrected chi connectivity index (χ1v) is 7.59. The molecule has 0 aliphatic rings. The minimum atomic E-state index is -0.246. The molecule has 2 aromatic rings. The lowest BCUT2D eigenvalue weighted by Crippen LogP contribution is -2.28. The molecule has 0 saturated carbocycles. The largest absolute Gasteiger partial charge is 0.481 e. The average Bonchev–Trinajstić information content (AvgIpc) is 2.49. The maximum absolute atomic E-state index is 12.0. The third-order valence-electron chi connectivity index (χ3n) is 3.20. The topological polar surface area (TPSA) is 63.2 Å². The Hall–Kier alpha value is -2.08. The number of aromatic nitrogens is 1. The Morgan fingerprint density at radius 2 is 1.95 bits per heavy atom. The van der Waals surface area contributed by atoms with Crippen LogP contribution in [-0.4, -0.2) is 18.1 Å². The Balaban J connectivity index is 1.99. The van der Waals surface area contributed by atoms with Crippen molar-refractivity contribution in [3.63, 3.8) is 0 Å². The molecule has 0 aliphatic carbocycles. The standard InChI is InChI=1S/C16H18BrN3O2/c1-10-6-13(17)7-11(2)15(10)20-16(21)19-9-12-4-5-18-14(8-12)22-3/h4-8H,9H2,1-3H3,(H2,19,20,21). The second kappa shape index (κ2) is 7.26. The van der Waals surface area contributed by atoms with Crippen molar-refractivity contribution in [2.45, 2.75) is 20.4 Å². The quantitative estimate of drug-likeness (QED) is 0.868. The van der Waals surface area contributed by atoms with Crippen LogP contribution in [0.3, 0.4) is 0 Å². The fraction of sp³-hybridized carbons (Fsp3) is 0.250. The number of aryl methyl sites for hydroxylation is 2. The van der Waals surface area contributed by atoms with Crippen LogP contribution in [0.25, 0.3) is 0 Å². The summed E-state index contributed by atoms with van der Waals surface area (Å²) in [6.07, 6.45) is 1.65. The molecule has 5 nitrogen and oxygen atoms in total. The van der Waals surface area contributed by atoms with E-state index in [1.54, 1.807) is 19.4 Å². The summed E-state index contributed by atoms with van der Waals surface area (Å²) in [6, 6.07) is 7.31. The van der Waals surface area contributed by atoms with Crippen LogP contribution in [0.4, 0.5) is 10.5 Å². The molecule has 0 unspecified atom stereocenters. The van der Waals surface area contributed by atoms with Crippen LogP contribution < -0.4 is 15.4 Å². The lowest BCUT2D eigenvalue weighted by Gasteiger charge is -2.13. The van der Waals surface area contributed by atoms with E-state index in [0.717, 1.165) is 26.9 Å². The summed E-state index contributed by atoms with van der Waals surface area (Å²) in [7, 11) is 1.56. The predicted molar refractivity (Wildman–Crippen MR) is 90.3 cm³/mol. The summed E-state index contributed by atoms with van der Waals surface area (Å²) in [5.41, 5.74) is 3.76. The molecule has 0 aliphatic heterocycles. The van der Waals surface area contributed by atoms with Crippen molar-refractivity contribution < 1.29 is 9.53 Å². The van der Waals surface area contributed by atoms with Crippen LogP contribution >= 0.6 is 15.9 Å². The number of methoxy groups -OCH3 is 1. The van der Waals surface area contributed by atoms with Gasteiger partial charge in [0.25, 0.3) is 0 Å². The van der Waals surface area contributed by atoms with Gasteiger partial charge in [0, 0.05) is 29.0 Å². The number of carbonyl (C=O) groups is 1. The first-order chi connectivity index (χ1) is 10.5. The molecule has 0 atom stereocenters. The van der Waals surface area contributed by atoms with Gasteiger partial charge < -0.3 is 15.4 Å². The monoisotopic (exact) mass is 363 g/mol. The number of pyridine rings is 1. The number of hydrogen-bond donors (Lipinski definition) is 2. The summed E-state index contributed by atoms with van der Waals surface area (Å²) in [5, 5.41) is 5.71. The molecule has 6 heteroatoms. The number of amides is 2. The van der Waals surface area contributed by atoms with Crippen molar-refractivity contribution in [3.8, 4) is 5.88 Å². The molecule has 2 amide bonds. The Morgan fingerprint density at radius 1 is 1.27 bits per heavy atom. The van der Waals surface area contributed by atoms with Crippen LogP contribution in [0.5, 0.6) is 5.88 Å². The van der Waals surface area contributed by atoms with Gasteiger partial charge in [-0.25, -0.2) is 9.78 Å². The lowest BCUT2D eigenvalue weighted by atomic mass is 10.1. The van der Waals surface area contributed by atoms with Crippen LogP contribution in [-0.2, 0) is 6.54 Å².